The summed E-state index contributed by atoms with van der Waals surface area (Å²) < 4.78 is 5.00. The highest BCUT2D eigenvalue weighted by Crippen LogP contribution is 2.22. The summed E-state index contributed by atoms with van der Waals surface area (Å²) in [5.74, 6) is 1.15. The Morgan fingerprint density at radius 3 is 2.80 bits per heavy atom. The number of benzene rings is 1. The molecule has 0 amide bonds. The molecule has 0 saturated heterocycles. The molecule has 0 bridgehead atoms. The lowest BCUT2D eigenvalue weighted by Gasteiger charge is -2.00. The maximum Gasteiger partial charge on any atom is 0.231 e. The molecule has 0 aliphatic carbocycles. The van der Waals surface area contributed by atoms with E-state index in [4.69, 9.17) is 27.7 Å². The van der Waals surface area contributed by atoms with Gasteiger partial charge in [0.25, 0.3) is 0 Å². The molecule has 2 rings (SSSR count). The summed E-state index contributed by atoms with van der Waals surface area (Å²) in [7, 11) is 0. The smallest absolute Gasteiger partial charge is 0.231 e. The van der Waals surface area contributed by atoms with Gasteiger partial charge in [-0.15, -0.1) is 0 Å². The van der Waals surface area contributed by atoms with Crippen LogP contribution in [-0.2, 0) is 6.42 Å². The van der Waals surface area contributed by atoms with E-state index >= 15 is 0 Å². The van der Waals surface area contributed by atoms with E-state index in [9.17, 15) is 0 Å². The highest BCUT2D eigenvalue weighted by Gasteiger charge is 2.07. The van der Waals surface area contributed by atoms with Crippen LogP contribution in [0.2, 0.25) is 10.0 Å². The van der Waals surface area contributed by atoms with Crippen LogP contribution in [0, 0.1) is 6.92 Å². The Kier molecular flexibility index (Phi) is 2.93. The minimum atomic E-state index is 0.500. The fourth-order valence-corrected chi connectivity index (χ4v) is 1.63. The number of aryl methyl sites for hydroxylation is 1. The van der Waals surface area contributed by atoms with Gasteiger partial charge in [0.15, 0.2) is 5.82 Å². The van der Waals surface area contributed by atoms with Crippen LogP contribution in [0.1, 0.15) is 17.3 Å². The molecule has 0 fully saturated rings. The Balaban J connectivity index is 2.27. The molecule has 3 nitrogen and oxygen atoms in total. The van der Waals surface area contributed by atoms with E-state index < -0.39 is 0 Å². The zero-order valence-corrected chi connectivity index (χ0v) is 9.51. The number of halogens is 2. The average molecular weight is 243 g/mol. The van der Waals surface area contributed by atoms with Crippen molar-refractivity contribution in [3.05, 3.63) is 45.5 Å². The number of nitrogens with zero attached hydrogens (tertiary/aromatic N) is 2. The van der Waals surface area contributed by atoms with Crippen molar-refractivity contribution in [1.82, 2.24) is 10.1 Å². The van der Waals surface area contributed by atoms with Gasteiger partial charge >= 0.3 is 0 Å². The van der Waals surface area contributed by atoms with Gasteiger partial charge < -0.3 is 4.52 Å². The number of rotatable bonds is 2. The monoisotopic (exact) mass is 242 g/mol. The molecule has 0 atom stereocenters. The van der Waals surface area contributed by atoms with Crippen LogP contribution in [0.15, 0.2) is 22.7 Å². The van der Waals surface area contributed by atoms with Crippen molar-refractivity contribution in [1.29, 1.82) is 0 Å². The molecule has 5 heteroatoms. The molecule has 0 unspecified atom stereocenters. The SMILES string of the molecule is Cc1noc(Cc2cc(Cl)ccc2Cl)n1. The fraction of sp³-hybridized carbons (Fsp3) is 0.200. The third-order valence-corrected chi connectivity index (χ3v) is 2.52. The summed E-state index contributed by atoms with van der Waals surface area (Å²) >= 11 is 11.9. The maximum atomic E-state index is 6.00. The number of hydrogen-bond donors (Lipinski definition) is 0. The normalized spacial score (nSPS) is 10.6. The van der Waals surface area contributed by atoms with Crippen molar-refractivity contribution in [3.8, 4) is 0 Å². The highest BCUT2D eigenvalue weighted by molar-refractivity contribution is 6.33. The second kappa shape index (κ2) is 4.21. The van der Waals surface area contributed by atoms with Crippen molar-refractivity contribution in [2.75, 3.05) is 0 Å². The summed E-state index contributed by atoms with van der Waals surface area (Å²) in [6.45, 7) is 1.77. The Morgan fingerprint density at radius 1 is 1.33 bits per heavy atom. The number of hydrogen-bond acceptors (Lipinski definition) is 3. The van der Waals surface area contributed by atoms with Crippen LogP contribution in [0.3, 0.4) is 0 Å². The van der Waals surface area contributed by atoms with Gasteiger partial charge in [-0.05, 0) is 30.7 Å². The summed E-state index contributed by atoms with van der Waals surface area (Å²) in [6, 6.07) is 5.29. The lowest BCUT2D eigenvalue weighted by atomic mass is 10.1. The molecule has 0 N–H and O–H groups in total. The summed E-state index contributed by atoms with van der Waals surface area (Å²) in [5.41, 5.74) is 0.882. The molecular formula is C10H8Cl2N2O. The van der Waals surface area contributed by atoms with Crippen LogP contribution in [0.5, 0.6) is 0 Å². The van der Waals surface area contributed by atoms with Gasteiger partial charge in [-0.1, -0.05) is 28.4 Å². The third-order valence-electron chi connectivity index (χ3n) is 1.92. The van der Waals surface area contributed by atoms with Crippen molar-refractivity contribution in [3.63, 3.8) is 0 Å². The average Bonchev–Trinajstić information content (AvgIpc) is 2.58. The topological polar surface area (TPSA) is 38.9 Å². The lowest BCUT2D eigenvalue weighted by Crippen LogP contribution is -1.89. The second-order valence-corrected chi connectivity index (χ2v) is 3.99. The zero-order chi connectivity index (χ0) is 10.8. The molecule has 0 saturated carbocycles. The van der Waals surface area contributed by atoms with Gasteiger partial charge in [-0.3, -0.25) is 0 Å². The lowest BCUT2D eigenvalue weighted by molar-refractivity contribution is 0.381. The molecule has 2 aromatic rings. The molecule has 1 aromatic carbocycles. The molecule has 0 aliphatic heterocycles. The molecule has 0 aliphatic rings. The first-order chi connectivity index (χ1) is 7.15. The quantitative estimate of drug-likeness (QED) is 0.812. The van der Waals surface area contributed by atoms with E-state index in [2.05, 4.69) is 10.1 Å². The largest absolute Gasteiger partial charge is 0.339 e. The minimum Gasteiger partial charge on any atom is -0.339 e. The summed E-state index contributed by atoms with van der Waals surface area (Å²) in [4.78, 5) is 4.10. The van der Waals surface area contributed by atoms with Gasteiger partial charge in [0.2, 0.25) is 5.89 Å². The van der Waals surface area contributed by atoms with Gasteiger partial charge in [0.1, 0.15) is 0 Å². The van der Waals surface area contributed by atoms with E-state index in [0.29, 0.717) is 28.2 Å². The van der Waals surface area contributed by atoms with E-state index in [1.165, 1.54) is 0 Å². The third kappa shape index (κ3) is 2.49. The second-order valence-electron chi connectivity index (χ2n) is 3.15. The summed E-state index contributed by atoms with van der Waals surface area (Å²) in [6.07, 6.45) is 0.500. The first-order valence-electron chi connectivity index (χ1n) is 4.38. The van der Waals surface area contributed by atoms with Crippen LogP contribution in [0.25, 0.3) is 0 Å². The van der Waals surface area contributed by atoms with Crippen LogP contribution in [0.4, 0.5) is 0 Å². The molecule has 0 spiro atoms. The molecule has 15 heavy (non-hydrogen) atoms. The first kappa shape index (κ1) is 10.5. The highest BCUT2D eigenvalue weighted by atomic mass is 35.5. The van der Waals surface area contributed by atoms with E-state index in [1.54, 1.807) is 25.1 Å². The molecule has 1 aromatic heterocycles. The Morgan fingerprint density at radius 2 is 2.13 bits per heavy atom. The van der Waals surface area contributed by atoms with E-state index in [-0.39, 0.29) is 0 Å². The van der Waals surface area contributed by atoms with Gasteiger partial charge in [0, 0.05) is 10.0 Å². The minimum absolute atomic E-state index is 0.500. The van der Waals surface area contributed by atoms with Gasteiger partial charge in [-0.25, -0.2) is 0 Å². The standard InChI is InChI=1S/C10H8Cl2N2O/c1-6-13-10(15-14-6)5-7-4-8(11)2-3-9(7)12/h2-4H,5H2,1H3. The Hall–Kier alpha value is -1.06. The molecule has 78 valence electrons. The predicted molar refractivity (Wildman–Crippen MR) is 58.3 cm³/mol. The van der Waals surface area contributed by atoms with Gasteiger partial charge in [0.05, 0.1) is 6.42 Å². The zero-order valence-electron chi connectivity index (χ0n) is 8.00. The molecular weight excluding hydrogens is 235 g/mol. The predicted octanol–water partition coefficient (Wildman–Crippen LogP) is 3.28. The van der Waals surface area contributed by atoms with Crippen molar-refractivity contribution in [2.24, 2.45) is 0 Å². The fourth-order valence-electron chi connectivity index (χ4n) is 1.25. The van der Waals surface area contributed by atoms with Gasteiger partial charge in [-0.2, -0.15) is 4.98 Å². The summed E-state index contributed by atoms with van der Waals surface area (Å²) in [5, 5.41) is 5.00. The molecule has 0 radical (unpaired) electrons. The van der Waals surface area contributed by atoms with Crippen molar-refractivity contribution < 1.29 is 4.52 Å². The van der Waals surface area contributed by atoms with E-state index in [1.807, 2.05) is 0 Å². The Bertz CT molecular complexity index is 482. The van der Waals surface area contributed by atoms with Crippen molar-refractivity contribution in [2.45, 2.75) is 13.3 Å². The van der Waals surface area contributed by atoms with Crippen LogP contribution in [-0.4, -0.2) is 10.1 Å². The maximum absolute atomic E-state index is 6.00. The Labute approximate surface area is 97.0 Å². The van der Waals surface area contributed by atoms with Crippen molar-refractivity contribution >= 4 is 23.2 Å². The van der Waals surface area contributed by atoms with E-state index in [0.717, 1.165) is 5.56 Å². The van der Waals surface area contributed by atoms with Crippen LogP contribution >= 0.6 is 23.2 Å². The van der Waals surface area contributed by atoms with Crippen LogP contribution < -0.4 is 0 Å². The number of aromatic nitrogens is 2. The molecule has 1 heterocycles. The first-order valence-corrected chi connectivity index (χ1v) is 5.14.